The molecule has 19 heavy (non-hydrogen) atoms. The highest BCUT2D eigenvalue weighted by atomic mass is 35.5. The molecule has 0 fully saturated rings. The molecule has 0 amide bonds. The molecular weight excluding hydrogens is 333 g/mol. The molecule has 0 bridgehead atoms. The van der Waals surface area contributed by atoms with Crippen LogP contribution in [0.3, 0.4) is 0 Å². The highest BCUT2D eigenvalue weighted by molar-refractivity contribution is 7.89. The van der Waals surface area contributed by atoms with E-state index >= 15 is 0 Å². The number of halogens is 3. The van der Waals surface area contributed by atoms with Gasteiger partial charge in [-0.2, -0.15) is 4.31 Å². The molecule has 0 aliphatic heterocycles. The normalized spacial score (nSPS) is 13.1. The van der Waals surface area contributed by atoms with Gasteiger partial charge in [0.15, 0.2) is 0 Å². The Morgan fingerprint density at radius 1 is 1.21 bits per heavy atom. The Balaban J connectivity index is 3.29. The van der Waals surface area contributed by atoms with Gasteiger partial charge in [0, 0.05) is 18.6 Å². The SMILES string of the molecule is CN(CC(C)(C)O)S(=O)(=O)c1c(Cl)cc(Cl)cc1Cl. The van der Waals surface area contributed by atoms with Gasteiger partial charge in [0.1, 0.15) is 4.90 Å². The van der Waals surface area contributed by atoms with Crippen LogP contribution >= 0.6 is 34.8 Å². The molecule has 4 nitrogen and oxygen atoms in total. The van der Waals surface area contributed by atoms with Gasteiger partial charge < -0.3 is 5.11 Å². The van der Waals surface area contributed by atoms with Crippen molar-refractivity contribution in [1.29, 1.82) is 0 Å². The maximum absolute atomic E-state index is 12.4. The van der Waals surface area contributed by atoms with Crippen molar-refractivity contribution in [2.75, 3.05) is 13.6 Å². The minimum absolute atomic E-state index is 0.0555. The van der Waals surface area contributed by atoms with E-state index in [1.807, 2.05) is 0 Å². The van der Waals surface area contributed by atoms with E-state index in [4.69, 9.17) is 34.8 Å². The number of hydrogen-bond acceptors (Lipinski definition) is 3. The van der Waals surface area contributed by atoms with Gasteiger partial charge in [0.05, 0.1) is 15.6 Å². The summed E-state index contributed by atoms with van der Waals surface area (Å²) in [6.45, 7) is 2.92. The molecule has 0 saturated heterocycles. The lowest BCUT2D eigenvalue weighted by Gasteiger charge is -2.25. The van der Waals surface area contributed by atoms with Crippen LogP contribution < -0.4 is 0 Å². The van der Waals surface area contributed by atoms with Crippen molar-refractivity contribution in [3.8, 4) is 0 Å². The number of nitrogens with zero attached hydrogens (tertiary/aromatic N) is 1. The molecule has 108 valence electrons. The summed E-state index contributed by atoms with van der Waals surface area (Å²) in [5, 5.41) is 9.83. The Hall–Kier alpha value is -0.0400. The van der Waals surface area contributed by atoms with E-state index in [1.54, 1.807) is 0 Å². The van der Waals surface area contributed by atoms with Crippen LogP contribution in [0.25, 0.3) is 0 Å². The predicted octanol–water partition coefficient (Wildman–Crippen LogP) is 3.04. The molecular formula is C11H14Cl3NO3S. The fraction of sp³-hybridized carbons (Fsp3) is 0.455. The van der Waals surface area contributed by atoms with Crippen LogP contribution in [0.4, 0.5) is 0 Å². The van der Waals surface area contributed by atoms with Gasteiger partial charge in [-0.15, -0.1) is 0 Å². The van der Waals surface area contributed by atoms with Crippen molar-refractivity contribution in [2.45, 2.75) is 24.3 Å². The van der Waals surface area contributed by atoms with Crippen LogP contribution in [-0.4, -0.2) is 37.0 Å². The quantitative estimate of drug-likeness (QED) is 0.911. The van der Waals surface area contributed by atoms with E-state index < -0.39 is 15.6 Å². The van der Waals surface area contributed by atoms with Gasteiger partial charge in [-0.05, 0) is 26.0 Å². The maximum atomic E-state index is 12.4. The Morgan fingerprint density at radius 3 is 2.00 bits per heavy atom. The zero-order valence-corrected chi connectivity index (χ0v) is 13.7. The topological polar surface area (TPSA) is 57.6 Å². The van der Waals surface area contributed by atoms with Crippen molar-refractivity contribution in [1.82, 2.24) is 4.31 Å². The third-order valence-corrected chi connectivity index (χ3v) is 5.18. The van der Waals surface area contributed by atoms with Gasteiger partial charge >= 0.3 is 0 Å². The molecule has 8 heteroatoms. The third-order valence-electron chi connectivity index (χ3n) is 2.24. The summed E-state index contributed by atoms with van der Waals surface area (Å²) in [4.78, 5) is -0.216. The summed E-state index contributed by atoms with van der Waals surface area (Å²) >= 11 is 17.5. The first kappa shape index (κ1) is 17.0. The molecule has 0 atom stereocenters. The number of likely N-dealkylation sites (N-methyl/N-ethyl adjacent to an activating group) is 1. The summed E-state index contributed by atoms with van der Waals surface area (Å²) in [6, 6.07) is 2.61. The third kappa shape index (κ3) is 4.21. The Morgan fingerprint density at radius 2 is 1.63 bits per heavy atom. The van der Waals surface area contributed by atoms with E-state index in [1.165, 1.54) is 33.0 Å². The Bertz CT molecular complexity index is 558. The van der Waals surface area contributed by atoms with Crippen molar-refractivity contribution in [3.63, 3.8) is 0 Å². The highest BCUT2D eigenvalue weighted by Crippen LogP contribution is 2.34. The van der Waals surface area contributed by atoms with E-state index in [9.17, 15) is 13.5 Å². The van der Waals surface area contributed by atoms with Gasteiger partial charge in [0.25, 0.3) is 0 Å². The van der Waals surface area contributed by atoms with Gasteiger partial charge in [-0.3, -0.25) is 0 Å². The summed E-state index contributed by atoms with van der Waals surface area (Å²) in [6.07, 6.45) is 0. The average Bonchev–Trinajstić information content (AvgIpc) is 2.11. The van der Waals surface area contributed by atoms with E-state index in [2.05, 4.69) is 0 Å². The standard InChI is InChI=1S/C11H14Cl3NO3S/c1-11(2,16)6-15(3)19(17,18)10-8(13)4-7(12)5-9(10)14/h4-5,16H,6H2,1-3H3. The first-order valence-corrected chi connectivity index (χ1v) is 7.86. The largest absolute Gasteiger partial charge is 0.389 e. The molecule has 1 aromatic carbocycles. The molecule has 0 unspecified atom stereocenters. The Kier molecular flexibility index (Phi) is 5.15. The van der Waals surface area contributed by atoms with Gasteiger partial charge in [0.2, 0.25) is 10.0 Å². The minimum atomic E-state index is -3.90. The number of sulfonamides is 1. The predicted molar refractivity (Wildman–Crippen MR) is 77.6 cm³/mol. The second-order valence-corrected chi connectivity index (χ2v) is 8.00. The number of benzene rings is 1. The van der Waals surface area contributed by atoms with Crippen molar-refractivity contribution in [2.24, 2.45) is 0 Å². The summed E-state index contributed by atoms with van der Waals surface area (Å²) in [5.74, 6) is 0. The second kappa shape index (κ2) is 5.76. The molecule has 0 radical (unpaired) electrons. The molecule has 1 aromatic rings. The molecule has 1 N–H and O–H groups in total. The molecule has 0 aliphatic carbocycles. The molecule has 0 aromatic heterocycles. The lowest BCUT2D eigenvalue weighted by Crippen LogP contribution is -2.39. The molecule has 0 heterocycles. The number of rotatable bonds is 4. The van der Waals surface area contributed by atoms with Crippen LogP contribution in [0.5, 0.6) is 0 Å². The zero-order valence-electron chi connectivity index (χ0n) is 10.6. The summed E-state index contributed by atoms with van der Waals surface area (Å²) in [5.41, 5.74) is -1.17. The number of hydrogen-bond donors (Lipinski definition) is 1. The van der Waals surface area contributed by atoms with Crippen LogP contribution in [0.15, 0.2) is 17.0 Å². The van der Waals surface area contributed by atoms with Crippen molar-refractivity contribution in [3.05, 3.63) is 27.2 Å². The van der Waals surface area contributed by atoms with Crippen LogP contribution in [-0.2, 0) is 10.0 Å². The average molecular weight is 347 g/mol. The molecule has 0 spiro atoms. The van der Waals surface area contributed by atoms with E-state index in [0.717, 1.165) is 4.31 Å². The smallest absolute Gasteiger partial charge is 0.245 e. The first-order chi connectivity index (χ1) is 8.45. The van der Waals surface area contributed by atoms with Crippen molar-refractivity contribution >= 4 is 44.8 Å². The first-order valence-electron chi connectivity index (χ1n) is 5.28. The van der Waals surface area contributed by atoms with Gasteiger partial charge in [-0.25, -0.2) is 8.42 Å². The Labute approximate surface area is 127 Å². The molecule has 0 aliphatic rings. The monoisotopic (exact) mass is 345 g/mol. The summed E-state index contributed by atoms with van der Waals surface area (Å²) < 4.78 is 25.7. The fourth-order valence-electron chi connectivity index (χ4n) is 1.56. The highest BCUT2D eigenvalue weighted by Gasteiger charge is 2.30. The summed E-state index contributed by atoms with van der Waals surface area (Å²) in [7, 11) is -2.56. The van der Waals surface area contributed by atoms with Crippen LogP contribution in [0.2, 0.25) is 15.1 Å². The molecule has 1 rings (SSSR count). The van der Waals surface area contributed by atoms with E-state index in [-0.39, 0.29) is 26.5 Å². The fourth-order valence-corrected chi connectivity index (χ4v) is 4.37. The second-order valence-electron chi connectivity index (χ2n) is 4.77. The maximum Gasteiger partial charge on any atom is 0.245 e. The van der Waals surface area contributed by atoms with Crippen LogP contribution in [0.1, 0.15) is 13.8 Å². The lowest BCUT2D eigenvalue weighted by atomic mass is 10.1. The lowest BCUT2D eigenvalue weighted by molar-refractivity contribution is 0.0640. The molecule has 0 saturated carbocycles. The van der Waals surface area contributed by atoms with E-state index in [0.29, 0.717) is 0 Å². The van der Waals surface area contributed by atoms with Crippen LogP contribution in [0, 0.1) is 0 Å². The van der Waals surface area contributed by atoms with Gasteiger partial charge in [-0.1, -0.05) is 34.8 Å². The van der Waals surface area contributed by atoms with Crippen molar-refractivity contribution < 1.29 is 13.5 Å². The minimum Gasteiger partial charge on any atom is -0.389 e. The zero-order chi connectivity index (χ0) is 15.0. The number of aliphatic hydroxyl groups is 1.